The van der Waals surface area contributed by atoms with Crippen LogP contribution in [0.3, 0.4) is 0 Å². The summed E-state index contributed by atoms with van der Waals surface area (Å²) < 4.78 is 25.3. The van der Waals surface area contributed by atoms with Crippen LogP contribution in [0.25, 0.3) is 0 Å². The minimum Gasteiger partial charge on any atom is -0.326 e. The average molecular weight is 382 g/mol. The van der Waals surface area contributed by atoms with Gasteiger partial charge in [-0.25, -0.2) is 12.7 Å². The quantitative estimate of drug-likeness (QED) is 0.737. The zero-order valence-corrected chi connectivity index (χ0v) is 16.9. The second-order valence-corrected chi connectivity index (χ2v) is 9.39. The molecule has 0 radical (unpaired) electrons. The molecular weight excluding hydrogens is 350 g/mol. The van der Waals surface area contributed by atoms with E-state index < -0.39 is 10.0 Å². The molecule has 1 fully saturated rings. The van der Waals surface area contributed by atoms with Crippen molar-refractivity contribution in [2.75, 3.05) is 33.0 Å². The summed E-state index contributed by atoms with van der Waals surface area (Å²) in [6.07, 6.45) is 8.09. The van der Waals surface area contributed by atoms with Crippen molar-refractivity contribution in [2.24, 2.45) is 0 Å². The number of nitrogens with zero attached hydrogens (tertiary/aromatic N) is 2. The Morgan fingerprint density at radius 1 is 1.04 bits per heavy atom. The fourth-order valence-electron chi connectivity index (χ4n) is 3.30. The number of rotatable bonds is 7. The summed E-state index contributed by atoms with van der Waals surface area (Å²) in [5.41, 5.74) is 0.616. The molecule has 1 amide bonds. The van der Waals surface area contributed by atoms with Crippen molar-refractivity contribution in [1.29, 1.82) is 0 Å². The smallest absolute Gasteiger partial charge is 0.242 e. The van der Waals surface area contributed by atoms with Crippen LogP contribution < -0.4 is 5.32 Å². The fourth-order valence-corrected chi connectivity index (χ4v) is 4.21. The van der Waals surface area contributed by atoms with Gasteiger partial charge < -0.3 is 10.2 Å². The summed E-state index contributed by atoms with van der Waals surface area (Å²) in [7, 11) is 1.65. The van der Waals surface area contributed by atoms with Gasteiger partial charge in [0.05, 0.1) is 4.90 Å². The highest BCUT2D eigenvalue weighted by Crippen LogP contribution is 2.21. The van der Waals surface area contributed by atoms with E-state index in [1.165, 1.54) is 69.1 Å². The molecule has 0 heterocycles. The Kier molecular flexibility index (Phi) is 7.61. The molecule has 146 valence electrons. The van der Waals surface area contributed by atoms with Crippen LogP contribution in [-0.4, -0.2) is 57.3 Å². The summed E-state index contributed by atoms with van der Waals surface area (Å²) in [6, 6.07) is 6.87. The molecule has 1 aliphatic carbocycles. The molecule has 1 aromatic carbocycles. The number of carbonyl (C=O) groups is 1. The van der Waals surface area contributed by atoms with E-state index in [1.807, 2.05) is 0 Å². The first-order valence-electron chi connectivity index (χ1n) is 9.33. The summed E-state index contributed by atoms with van der Waals surface area (Å²) in [5.74, 6) is -0.0475. The lowest BCUT2D eigenvalue weighted by Crippen LogP contribution is -2.33. The van der Waals surface area contributed by atoms with E-state index in [9.17, 15) is 13.2 Å². The molecule has 0 atom stereocenters. The third-order valence-electron chi connectivity index (χ3n) is 5.06. The average Bonchev–Trinajstić information content (AvgIpc) is 2.89. The van der Waals surface area contributed by atoms with Gasteiger partial charge in [-0.1, -0.05) is 25.7 Å². The molecule has 0 aliphatic heterocycles. The van der Waals surface area contributed by atoms with Crippen LogP contribution in [0.15, 0.2) is 29.2 Å². The van der Waals surface area contributed by atoms with Gasteiger partial charge >= 0.3 is 0 Å². The first kappa shape index (κ1) is 20.9. The number of carbonyl (C=O) groups excluding carboxylic acids is 1. The monoisotopic (exact) mass is 381 g/mol. The van der Waals surface area contributed by atoms with Crippen molar-refractivity contribution in [2.45, 2.75) is 55.9 Å². The molecule has 0 bridgehead atoms. The van der Waals surface area contributed by atoms with E-state index in [0.29, 0.717) is 18.2 Å². The highest BCUT2D eigenvalue weighted by Gasteiger charge is 2.18. The Hall–Kier alpha value is -1.44. The van der Waals surface area contributed by atoms with Crippen molar-refractivity contribution in [3.05, 3.63) is 24.3 Å². The summed E-state index contributed by atoms with van der Waals surface area (Å²) in [4.78, 5) is 14.7. The van der Waals surface area contributed by atoms with Crippen LogP contribution in [-0.2, 0) is 14.8 Å². The largest absolute Gasteiger partial charge is 0.326 e. The predicted octanol–water partition coefficient (Wildman–Crippen LogP) is 2.92. The van der Waals surface area contributed by atoms with E-state index >= 15 is 0 Å². The van der Waals surface area contributed by atoms with E-state index in [2.05, 4.69) is 17.3 Å². The zero-order valence-electron chi connectivity index (χ0n) is 16.1. The minimum absolute atomic E-state index is 0.0475. The van der Waals surface area contributed by atoms with Crippen LogP contribution in [0.1, 0.15) is 44.9 Å². The number of hydrogen-bond acceptors (Lipinski definition) is 4. The molecular formula is C19H31N3O3S. The van der Waals surface area contributed by atoms with Crippen molar-refractivity contribution in [3.63, 3.8) is 0 Å². The normalized spacial score (nSPS) is 16.7. The molecule has 1 aromatic rings. The van der Waals surface area contributed by atoms with Crippen molar-refractivity contribution >= 4 is 21.6 Å². The van der Waals surface area contributed by atoms with Gasteiger partial charge in [0.2, 0.25) is 15.9 Å². The van der Waals surface area contributed by atoms with Crippen LogP contribution in [0.2, 0.25) is 0 Å². The third-order valence-corrected chi connectivity index (χ3v) is 6.89. The second kappa shape index (κ2) is 9.48. The molecule has 0 saturated heterocycles. The lowest BCUT2D eigenvalue weighted by Gasteiger charge is -2.26. The van der Waals surface area contributed by atoms with E-state index in [4.69, 9.17) is 0 Å². The van der Waals surface area contributed by atoms with Crippen LogP contribution in [0.5, 0.6) is 0 Å². The van der Waals surface area contributed by atoms with E-state index in [-0.39, 0.29) is 10.8 Å². The number of benzene rings is 1. The highest BCUT2D eigenvalue weighted by molar-refractivity contribution is 7.89. The number of sulfonamides is 1. The second-order valence-electron chi connectivity index (χ2n) is 7.24. The summed E-state index contributed by atoms with van der Waals surface area (Å²) >= 11 is 0. The molecule has 6 nitrogen and oxygen atoms in total. The number of anilines is 1. The van der Waals surface area contributed by atoms with Gasteiger partial charge in [-0.2, -0.15) is 0 Å². The molecule has 7 heteroatoms. The van der Waals surface area contributed by atoms with Crippen LogP contribution in [0, 0.1) is 0 Å². The Labute approximate surface area is 157 Å². The zero-order chi connectivity index (χ0) is 19.2. The first-order valence-corrected chi connectivity index (χ1v) is 10.8. The molecule has 26 heavy (non-hydrogen) atoms. The molecule has 1 N–H and O–H groups in total. The minimum atomic E-state index is -3.45. The predicted molar refractivity (Wildman–Crippen MR) is 105 cm³/mol. The maximum absolute atomic E-state index is 12.2. The van der Waals surface area contributed by atoms with Crippen LogP contribution in [0.4, 0.5) is 5.69 Å². The number of amides is 1. The van der Waals surface area contributed by atoms with Gasteiger partial charge in [-0.05, 0) is 44.2 Å². The molecule has 2 rings (SSSR count). The van der Waals surface area contributed by atoms with Gasteiger partial charge in [0.15, 0.2) is 0 Å². The van der Waals surface area contributed by atoms with Gasteiger partial charge in [-0.3, -0.25) is 4.79 Å². The van der Waals surface area contributed by atoms with Gasteiger partial charge in [0.25, 0.3) is 0 Å². The first-order chi connectivity index (χ1) is 12.3. The number of hydrogen-bond donors (Lipinski definition) is 1. The summed E-state index contributed by atoms with van der Waals surface area (Å²) in [6.45, 7) is 0.740. The third kappa shape index (κ3) is 5.79. The topological polar surface area (TPSA) is 69.7 Å². The standard InChI is InChI=1S/C19H31N3O3S/c1-21(2)26(24,25)18-12-10-16(11-13-18)20-19(23)14-15-22(3)17-8-6-4-5-7-9-17/h10-13,17H,4-9,14-15H2,1-3H3,(H,20,23). The van der Waals surface area contributed by atoms with Crippen LogP contribution >= 0.6 is 0 Å². The highest BCUT2D eigenvalue weighted by atomic mass is 32.2. The molecule has 0 unspecified atom stereocenters. The molecule has 1 saturated carbocycles. The van der Waals surface area contributed by atoms with Gasteiger partial charge in [-0.15, -0.1) is 0 Å². The number of nitrogens with one attached hydrogen (secondary N) is 1. The maximum Gasteiger partial charge on any atom is 0.242 e. The lowest BCUT2D eigenvalue weighted by atomic mass is 10.1. The van der Waals surface area contributed by atoms with Gasteiger partial charge in [0.1, 0.15) is 0 Å². The molecule has 1 aliphatic rings. The fraction of sp³-hybridized carbons (Fsp3) is 0.632. The van der Waals surface area contributed by atoms with Crippen molar-refractivity contribution < 1.29 is 13.2 Å². The summed E-state index contributed by atoms with van der Waals surface area (Å²) in [5, 5.41) is 2.85. The van der Waals surface area contributed by atoms with Crippen molar-refractivity contribution in [1.82, 2.24) is 9.21 Å². The SMILES string of the molecule is CN(CCC(=O)Nc1ccc(S(=O)(=O)N(C)C)cc1)C1CCCCCC1. The molecule has 0 spiro atoms. The Bertz CT molecular complexity index is 678. The van der Waals surface area contributed by atoms with E-state index in [0.717, 1.165) is 6.54 Å². The van der Waals surface area contributed by atoms with Gasteiger partial charge in [0, 0.05) is 38.8 Å². The maximum atomic E-state index is 12.2. The Balaban J connectivity index is 1.84. The molecule has 0 aromatic heterocycles. The van der Waals surface area contributed by atoms with Crippen molar-refractivity contribution in [3.8, 4) is 0 Å². The Morgan fingerprint density at radius 3 is 2.15 bits per heavy atom. The van der Waals surface area contributed by atoms with E-state index in [1.54, 1.807) is 12.1 Å². The Morgan fingerprint density at radius 2 is 1.62 bits per heavy atom. The lowest BCUT2D eigenvalue weighted by molar-refractivity contribution is -0.116.